The van der Waals surface area contributed by atoms with Crippen LogP contribution in [0.15, 0.2) is 12.3 Å². The van der Waals surface area contributed by atoms with Gasteiger partial charge in [0.05, 0.1) is 10.6 Å². The van der Waals surface area contributed by atoms with Gasteiger partial charge < -0.3 is 10.3 Å². The predicted octanol–water partition coefficient (Wildman–Crippen LogP) is 2.28. The average Bonchev–Trinajstić information content (AvgIpc) is 2.38. The lowest BCUT2D eigenvalue weighted by Gasteiger charge is -2.17. The van der Waals surface area contributed by atoms with Gasteiger partial charge in [0.2, 0.25) is 0 Å². The SMILES string of the molecule is CCCCCN(C)C(=O)c1cnc(NN)c(Cl)c1. The minimum Gasteiger partial charge on any atom is -0.342 e. The summed E-state index contributed by atoms with van der Waals surface area (Å²) >= 11 is 5.93. The van der Waals surface area contributed by atoms with Gasteiger partial charge >= 0.3 is 0 Å². The van der Waals surface area contributed by atoms with E-state index in [4.69, 9.17) is 17.4 Å². The average molecular weight is 271 g/mol. The van der Waals surface area contributed by atoms with Gasteiger partial charge in [0.15, 0.2) is 5.82 Å². The number of hydrogen-bond donors (Lipinski definition) is 2. The van der Waals surface area contributed by atoms with Crippen LogP contribution in [-0.2, 0) is 0 Å². The maximum atomic E-state index is 12.1. The summed E-state index contributed by atoms with van der Waals surface area (Å²) in [5, 5.41) is 0.338. The second kappa shape index (κ2) is 7.18. The number of aromatic nitrogens is 1. The molecule has 6 heteroatoms. The zero-order valence-corrected chi connectivity index (χ0v) is 11.5. The van der Waals surface area contributed by atoms with Gasteiger partial charge in [-0.05, 0) is 12.5 Å². The number of nitrogens with zero attached hydrogens (tertiary/aromatic N) is 2. The van der Waals surface area contributed by atoms with Gasteiger partial charge in [-0.3, -0.25) is 4.79 Å². The molecule has 5 nitrogen and oxygen atoms in total. The molecule has 0 aromatic carbocycles. The first kappa shape index (κ1) is 14.7. The summed E-state index contributed by atoms with van der Waals surface area (Å²) in [6, 6.07) is 1.57. The molecule has 1 amide bonds. The zero-order valence-electron chi connectivity index (χ0n) is 10.7. The van der Waals surface area contributed by atoms with E-state index in [1.54, 1.807) is 18.0 Å². The van der Waals surface area contributed by atoms with Gasteiger partial charge in [0.1, 0.15) is 0 Å². The molecular weight excluding hydrogens is 252 g/mol. The molecule has 0 fully saturated rings. The van der Waals surface area contributed by atoms with Crippen LogP contribution in [0.2, 0.25) is 5.02 Å². The fraction of sp³-hybridized carbons (Fsp3) is 0.500. The van der Waals surface area contributed by atoms with E-state index in [-0.39, 0.29) is 5.91 Å². The summed E-state index contributed by atoms with van der Waals surface area (Å²) < 4.78 is 0. The summed E-state index contributed by atoms with van der Waals surface area (Å²) in [6.07, 6.45) is 4.72. The Bertz CT molecular complexity index is 411. The molecule has 0 saturated carbocycles. The molecule has 0 unspecified atom stereocenters. The van der Waals surface area contributed by atoms with Crippen LogP contribution >= 0.6 is 11.6 Å². The Kier molecular flexibility index (Phi) is 5.88. The molecule has 0 atom stereocenters. The quantitative estimate of drug-likeness (QED) is 0.473. The number of hydrogen-bond acceptors (Lipinski definition) is 4. The normalized spacial score (nSPS) is 10.2. The van der Waals surface area contributed by atoms with Crippen LogP contribution in [0.1, 0.15) is 36.5 Å². The molecule has 1 heterocycles. The summed E-state index contributed by atoms with van der Waals surface area (Å²) in [6.45, 7) is 2.87. The van der Waals surface area contributed by atoms with E-state index in [0.717, 1.165) is 25.8 Å². The van der Waals surface area contributed by atoms with Gasteiger partial charge in [-0.1, -0.05) is 31.4 Å². The second-order valence-electron chi connectivity index (χ2n) is 4.13. The Morgan fingerprint density at radius 1 is 1.56 bits per heavy atom. The van der Waals surface area contributed by atoms with Crippen LogP contribution in [0.5, 0.6) is 0 Å². The second-order valence-corrected chi connectivity index (χ2v) is 4.54. The van der Waals surface area contributed by atoms with E-state index >= 15 is 0 Å². The van der Waals surface area contributed by atoms with Crippen LogP contribution in [0.3, 0.4) is 0 Å². The molecule has 0 spiro atoms. The molecule has 0 aliphatic carbocycles. The Morgan fingerprint density at radius 2 is 2.28 bits per heavy atom. The largest absolute Gasteiger partial charge is 0.342 e. The van der Waals surface area contributed by atoms with Crippen molar-refractivity contribution >= 4 is 23.3 Å². The van der Waals surface area contributed by atoms with E-state index in [0.29, 0.717) is 16.4 Å². The third kappa shape index (κ3) is 3.85. The molecule has 100 valence electrons. The number of amides is 1. The number of halogens is 1. The molecular formula is C12H19ClN4O. The van der Waals surface area contributed by atoms with Crippen molar-refractivity contribution in [1.29, 1.82) is 0 Å². The molecule has 0 bridgehead atoms. The Morgan fingerprint density at radius 3 is 2.83 bits per heavy atom. The van der Waals surface area contributed by atoms with Gasteiger partial charge in [-0.15, -0.1) is 0 Å². The maximum Gasteiger partial charge on any atom is 0.255 e. The first-order valence-corrected chi connectivity index (χ1v) is 6.35. The summed E-state index contributed by atoms with van der Waals surface area (Å²) in [7, 11) is 1.78. The molecule has 0 aliphatic heterocycles. The number of nitrogen functional groups attached to an aromatic ring is 1. The number of carbonyl (C=O) groups excluding carboxylic acids is 1. The van der Waals surface area contributed by atoms with E-state index in [1.807, 2.05) is 0 Å². The molecule has 1 aromatic rings. The van der Waals surface area contributed by atoms with Gasteiger partial charge in [-0.2, -0.15) is 0 Å². The summed E-state index contributed by atoms with van der Waals surface area (Å²) in [5.74, 6) is 5.51. The number of unbranched alkanes of at least 4 members (excludes halogenated alkanes) is 2. The number of carbonyl (C=O) groups is 1. The van der Waals surface area contributed by atoms with Crippen molar-refractivity contribution in [2.24, 2.45) is 5.84 Å². The van der Waals surface area contributed by atoms with Crippen molar-refractivity contribution < 1.29 is 4.79 Å². The fourth-order valence-corrected chi connectivity index (χ4v) is 1.80. The van der Waals surface area contributed by atoms with Crippen molar-refractivity contribution in [3.05, 3.63) is 22.8 Å². The highest BCUT2D eigenvalue weighted by Gasteiger charge is 2.13. The minimum absolute atomic E-state index is 0.0796. The predicted molar refractivity (Wildman–Crippen MR) is 73.5 cm³/mol. The number of anilines is 1. The standard InChI is InChI=1S/C12H19ClN4O/c1-3-4-5-6-17(2)12(18)9-7-10(13)11(16-14)15-8-9/h7-8H,3-6,14H2,1-2H3,(H,15,16). The molecule has 0 saturated heterocycles. The van der Waals surface area contributed by atoms with Crippen molar-refractivity contribution in [1.82, 2.24) is 9.88 Å². The van der Waals surface area contributed by atoms with Crippen LogP contribution in [-0.4, -0.2) is 29.4 Å². The lowest BCUT2D eigenvalue weighted by atomic mass is 10.2. The highest BCUT2D eigenvalue weighted by atomic mass is 35.5. The van der Waals surface area contributed by atoms with Gasteiger partial charge in [0.25, 0.3) is 5.91 Å². The number of rotatable bonds is 6. The van der Waals surface area contributed by atoms with Crippen molar-refractivity contribution in [3.63, 3.8) is 0 Å². The van der Waals surface area contributed by atoms with Crippen molar-refractivity contribution in [2.45, 2.75) is 26.2 Å². The smallest absolute Gasteiger partial charge is 0.255 e. The van der Waals surface area contributed by atoms with E-state index in [1.165, 1.54) is 6.20 Å². The zero-order chi connectivity index (χ0) is 13.5. The van der Waals surface area contributed by atoms with Crippen molar-refractivity contribution in [3.8, 4) is 0 Å². The summed E-state index contributed by atoms with van der Waals surface area (Å²) in [5.41, 5.74) is 2.83. The van der Waals surface area contributed by atoms with Gasteiger partial charge in [-0.25, -0.2) is 10.8 Å². The third-order valence-corrected chi connectivity index (χ3v) is 2.96. The lowest BCUT2D eigenvalue weighted by molar-refractivity contribution is 0.0792. The maximum absolute atomic E-state index is 12.1. The Labute approximate surface area is 112 Å². The third-order valence-electron chi connectivity index (χ3n) is 2.67. The Hall–Kier alpha value is -1.33. The number of hydrazine groups is 1. The molecule has 1 rings (SSSR count). The van der Waals surface area contributed by atoms with Gasteiger partial charge in [0, 0.05) is 19.8 Å². The van der Waals surface area contributed by atoms with Crippen LogP contribution in [0.25, 0.3) is 0 Å². The number of nitrogens with two attached hydrogens (primary N) is 1. The first-order valence-electron chi connectivity index (χ1n) is 5.97. The van der Waals surface area contributed by atoms with E-state index < -0.39 is 0 Å². The minimum atomic E-state index is -0.0796. The molecule has 0 aliphatic rings. The molecule has 1 aromatic heterocycles. The van der Waals surface area contributed by atoms with Crippen molar-refractivity contribution in [2.75, 3.05) is 19.0 Å². The highest BCUT2D eigenvalue weighted by Crippen LogP contribution is 2.19. The lowest BCUT2D eigenvalue weighted by Crippen LogP contribution is -2.28. The van der Waals surface area contributed by atoms with Crippen LogP contribution < -0.4 is 11.3 Å². The fourth-order valence-electron chi connectivity index (χ4n) is 1.58. The van der Waals surface area contributed by atoms with Crippen LogP contribution in [0.4, 0.5) is 5.82 Å². The van der Waals surface area contributed by atoms with E-state index in [9.17, 15) is 4.79 Å². The molecule has 18 heavy (non-hydrogen) atoms. The monoisotopic (exact) mass is 270 g/mol. The first-order chi connectivity index (χ1) is 8.60. The molecule has 0 radical (unpaired) electrons. The number of pyridine rings is 1. The summed E-state index contributed by atoms with van der Waals surface area (Å²) in [4.78, 5) is 17.7. The van der Waals surface area contributed by atoms with Crippen LogP contribution in [0, 0.1) is 0 Å². The highest BCUT2D eigenvalue weighted by molar-refractivity contribution is 6.33. The Balaban J connectivity index is 2.68. The topological polar surface area (TPSA) is 71.2 Å². The van der Waals surface area contributed by atoms with E-state index in [2.05, 4.69) is 17.3 Å². The number of nitrogens with one attached hydrogen (secondary N) is 1. The molecule has 3 N–H and O–H groups in total.